The molecule has 1 aromatic rings. The van der Waals surface area contributed by atoms with Crippen molar-refractivity contribution < 1.29 is 18.8 Å². The number of ketones is 1. The van der Waals surface area contributed by atoms with E-state index < -0.39 is 11.7 Å². The van der Waals surface area contributed by atoms with Crippen LogP contribution in [-0.4, -0.2) is 42.1 Å². The maximum atomic E-state index is 13.7. The first-order valence-corrected chi connectivity index (χ1v) is 8.78. The fourth-order valence-corrected chi connectivity index (χ4v) is 3.18. The lowest BCUT2D eigenvalue weighted by atomic mass is 9.94. The topological polar surface area (TPSA) is 66.5 Å². The molecule has 1 fully saturated rings. The number of nitrogens with zero attached hydrogens (tertiary/aromatic N) is 1. The Bertz CT molecular complexity index is 647. The zero-order valence-electron chi connectivity index (χ0n) is 14.8. The first-order valence-electron chi connectivity index (χ1n) is 8.78. The van der Waals surface area contributed by atoms with Gasteiger partial charge in [0, 0.05) is 32.0 Å². The van der Waals surface area contributed by atoms with E-state index in [-0.39, 0.29) is 35.5 Å². The number of piperidine rings is 1. The molecule has 1 aromatic carbocycles. The zero-order valence-corrected chi connectivity index (χ0v) is 14.8. The average molecular weight is 348 g/mol. The van der Waals surface area contributed by atoms with Crippen LogP contribution in [0.25, 0.3) is 0 Å². The summed E-state index contributed by atoms with van der Waals surface area (Å²) in [6, 6.07) is 5.79. The minimum atomic E-state index is -0.568. The van der Waals surface area contributed by atoms with Crippen LogP contribution in [0.15, 0.2) is 24.3 Å². The lowest BCUT2D eigenvalue weighted by Gasteiger charge is -2.33. The van der Waals surface area contributed by atoms with Crippen LogP contribution in [0.3, 0.4) is 0 Å². The molecular formula is C19H25FN2O3. The van der Waals surface area contributed by atoms with Gasteiger partial charge in [-0.15, -0.1) is 0 Å². The number of Topliss-reactive ketones (excluding diaryl/α,β-unsaturated/α-hetero) is 1. The number of rotatable bonds is 6. The number of likely N-dealkylation sites (tertiary alicyclic amines) is 1. The van der Waals surface area contributed by atoms with E-state index in [4.69, 9.17) is 0 Å². The van der Waals surface area contributed by atoms with Crippen LogP contribution in [0.2, 0.25) is 0 Å². The third-order valence-corrected chi connectivity index (χ3v) is 4.54. The number of carbonyl (C=O) groups is 3. The number of carbonyl (C=O) groups excluding carboxylic acids is 3. The Morgan fingerprint density at radius 1 is 1.32 bits per heavy atom. The molecule has 5 nitrogen and oxygen atoms in total. The van der Waals surface area contributed by atoms with Gasteiger partial charge in [0.1, 0.15) is 5.82 Å². The largest absolute Gasteiger partial charge is 0.356 e. The molecule has 25 heavy (non-hydrogen) atoms. The Kier molecular flexibility index (Phi) is 6.67. The summed E-state index contributed by atoms with van der Waals surface area (Å²) in [7, 11) is 0. The van der Waals surface area contributed by atoms with Crippen molar-refractivity contribution in [2.45, 2.75) is 33.1 Å². The number of hydrogen-bond acceptors (Lipinski definition) is 3. The smallest absolute Gasteiger partial charge is 0.225 e. The first-order chi connectivity index (χ1) is 11.9. The molecule has 1 N–H and O–H groups in total. The van der Waals surface area contributed by atoms with Crippen molar-refractivity contribution >= 4 is 17.6 Å². The van der Waals surface area contributed by atoms with E-state index in [1.807, 2.05) is 6.92 Å². The van der Waals surface area contributed by atoms with Gasteiger partial charge in [-0.05, 0) is 31.9 Å². The van der Waals surface area contributed by atoms with E-state index in [9.17, 15) is 18.8 Å². The van der Waals surface area contributed by atoms with Gasteiger partial charge in [-0.2, -0.15) is 0 Å². The van der Waals surface area contributed by atoms with Crippen LogP contribution >= 0.6 is 0 Å². The van der Waals surface area contributed by atoms with Gasteiger partial charge in [0.2, 0.25) is 11.8 Å². The minimum absolute atomic E-state index is 0.0148. The fourth-order valence-electron chi connectivity index (χ4n) is 3.18. The van der Waals surface area contributed by atoms with Gasteiger partial charge < -0.3 is 10.2 Å². The van der Waals surface area contributed by atoms with Crippen molar-refractivity contribution in [1.29, 1.82) is 0 Å². The summed E-state index contributed by atoms with van der Waals surface area (Å²) in [5.41, 5.74) is 0.0148. The third kappa shape index (κ3) is 4.87. The van der Waals surface area contributed by atoms with E-state index in [1.54, 1.807) is 17.9 Å². The zero-order chi connectivity index (χ0) is 18.4. The van der Waals surface area contributed by atoms with Crippen molar-refractivity contribution in [3.05, 3.63) is 35.6 Å². The van der Waals surface area contributed by atoms with Gasteiger partial charge >= 0.3 is 0 Å². The van der Waals surface area contributed by atoms with Crippen LogP contribution in [0.4, 0.5) is 4.39 Å². The summed E-state index contributed by atoms with van der Waals surface area (Å²) in [5, 5.41) is 2.79. The highest BCUT2D eigenvalue weighted by atomic mass is 19.1. The number of halogens is 1. The monoisotopic (exact) mass is 348 g/mol. The maximum Gasteiger partial charge on any atom is 0.225 e. The maximum absolute atomic E-state index is 13.7. The molecule has 6 heteroatoms. The molecular weight excluding hydrogens is 323 g/mol. The molecule has 1 aliphatic rings. The summed E-state index contributed by atoms with van der Waals surface area (Å²) in [6.45, 7) is 5.07. The van der Waals surface area contributed by atoms with Crippen LogP contribution in [0, 0.1) is 17.7 Å². The molecule has 2 amide bonds. The summed E-state index contributed by atoms with van der Waals surface area (Å²) >= 11 is 0. The molecule has 1 aliphatic heterocycles. The van der Waals surface area contributed by atoms with Crippen LogP contribution < -0.4 is 5.32 Å². The Morgan fingerprint density at radius 3 is 2.72 bits per heavy atom. The third-order valence-electron chi connectivity index (χ3n) is 4.54. The second-order valence-corrected chi connectivity index (χ2v) is 6.53. The van der Waals surface area contributed by atoms with Gasteiger partial charge in [0.15, 0.2) is 5.78 Å². The molecule has 0 spiro atoms. The Morgan fingerprint density at radius 2 is 2.04 bits per heavy atom. The second-order valence-electron chi connectivity index (χ2n) is 6.53. The SMILES string of the molecule is CCNC(=O)C1CCCN(C(=O)C(C)CC(=O)c2ccccc2F)C1. The van der Waals surface area contributed by atoms with E-state index in [1.165, 1.54) is 18.2 Å². The first kappa shape index (κ1) is 19.1. The molecule has 0 aromatic heterocycles. The number of nitrogens with one attached hydrogen (secondary N) is 1. The van der Waals surface area contributed by atoms with E-state index in [0.29, 0.717) is 19.6 Å². The molecule has 2 atom stereocenters. The predicted octanol–water partition coefficient (Wildman–Crippen LogP) is 2.41. The highest BCUT2D eigenvalue weighted by molar-refractivity contribution is 5.98. The Labute approximate surface area is 147 Å². The average Bonchev–Trinajstić information content (AvgIpc) is 2.61. The van der Waals surface area contributed by atoms with Crippen molar-refractivity contribution in [1.82, 2.24) is 10.2 Å². The molecule has 0 saturated carbocycles. The molecule has 1 heterocycles. The predicted molar refractivity (Wildman–Crippen MR) is 92.5 cm³/mol. The standard InChI is InChI=1S/C19H25FN2O3/c1-3-21-18(24)14-7-6-10-22(12-14)19(25)13(2)11-17(23)15-8-4-5-9-16(15)20/h4-5,8-9,13-14H,3,6-7,10-12H2,1-2H3,(H,21,24). The number of amides is 2. The highest BCUT2D eigenvalue weighted by Gasteiger charge is 2.31. The molecule has 1 saturated heterocycles. The van der Waals surface area contributed by atoms with E-state index >= 15 is 0 Å². The summed E-state index contributed by atoms with van der Waals surface area (Å²) in [6.07, 6.45) is 1.49. The molecule has 2 rings (SSSR count). The fraction of sp³-hybridized carbons (Fsp3) is 0.526. The highest BCUT2D eigenvalue weighted by Crippen LogP contribution is 2.21. The van der Waals surface area contributed by atoms with Gasteiger partial charge in [-0.1, -0.05) is 19.1 Å². The normalized spacial score (nSPS) is 18.5. The van der Waals surface area contributed by atoms with Crippen molar-refractivity contribution in [3.63, 3.8) is 0 Å². The van der Waals surface area contributed by atoms with Crippen molar-refractivity contribution in [3.8, 4) is 0 Å². The molecule has 2 unspecified atom stereocenters. The molecule has 0 radical (unpaired) electrons. The second kappa shape index (κ2) is 8.74. The van der Waals surface area contributed by atoms with Crippen molar-refractivity contribution in [2.24, 2.45) is 11.8 Å². The van der Waals surface area contributed by atoms with Gasteiger partial charge in [-0.25, -0.2) is 4.39 Å². The minimum Gasteiger partial charge on any atom is -0.356 e. The molecule has 0 bridgehead atoms. The van der Waals surface area contributed by atoms with Gasteiger partial charge in [0.05, 0.1) is 11.5 Å². The van der Waals surface area contributed by atoms with Crippen molar-refractivity contribution in [2.75, 3.05) is 19.6 Å². The van der Waals surface area contributed by atoms with Crippen LogP contribution in [0.5, 0.6) is 0 Å². The molecule has 0 aliphatic carbocycles. The number of benzene rings is 1. The van der Waals surface area contributed by atoms with E-state index in [0.717, 1.165) is 12.8 Å². The summed E-state index contributed by atoms with van der Waals surface area (Å²) in [4.78, 5) is 38.5. The van der Waals surface area contributed by atoms with Crippen LogP contribution in [0.1, 0.15) is 43.5 Å². The molecule has 136 valence electrons. The van der Waals surface area contributed by atoms with E-state index in [2.05, 4.69) is 5.32 Å². The lowest BCUT2D eigenvalue weighted by Crippen LogP contribution is -2.47. The van der Waals surface area contributed by atoms with Gasteiger partial charge in [-0.3, -0.25) is 14.4 Å². The Balaban J connectivity index is 1.96. The lowest BCUT2D eigenvalue weighted by molar-refractivity contribution is -0.138. The summed E-state index contributed by atoms with van der Waals surface area (Å²) < 4.78 is 13.7. The Hall–Kier alpha value is -2.24. The quantitative estimate of drug-likeness (QED) is 0.803. The number of hydrogen-bond donors (Lipinski definition) is 1. The van der Waals surface area contributed by atoms with Crippen LogP contribution in [-0.2, 0) is 9.59 Å². The van der Waals surface area contributed by atoms with Gasteiger partial charge in [0.25, 0.3) is 0 Å². The summed E-state index contributed by atoms with van der Waals surface area (Å²) in [5.74, 6) is -1.88.